The number of carbonyl (C=O) groups excluding carboxylic acids is 4. The summed E-state index contributed by atoms with van der Waals surface area (Å²) in [6.45, 7) is 11.3. The van der Waals surface area contributed by atoms with Crippen molar-refractivity contribution >= 4 is 40.9 Å². The van der Waals surface area contributed by atoms with Gasteiger partial charge in [0.1, 0.15) is 0 Å². The van der Waals surface area contributed by atoms with Crippen LogP contribution in [-0.4, -0.2) is 90.4 Å². The van der Waals surface area contributed by atoms with Gasteiger partial charge in [-0.3, -0.25) is 0 Å². The van der Waals surface area contributed by atoms with Crippen LogP contribution in [0.25, 0.3) is 11.0 Å². The van der Waals surface area contributed by atoms with Gasteiger partial charge in [0.05, 0.1) is 48.1 Å². The third-order valence-electron chi connectivity index (χ3n) is 5.33. The summed E-state index contributed by atoms with van der Waals surface area (Å²) in [6.07, 6.45) is 2.28. The van der Waals surface area contributed by atoms with Crippen molar-refractivity contribution in [1.29, 1.82) is 0 Å². The predicted molar refractivity (Wildman–Crippen MR) is 126 cm³/mol. The van der Waals surface area contributed by atoms with Crippen LogP contribution >= 0.6 is 0 Å². The zero-order valence-electron chi connectivity index (χ0n) is 21.4. The van der Waals surface area contributed by atoms with E-state index in [1.54, 1.807) is 0 Å². The number of hydrogen-bond donors (Lipinski definition) is 1. The molecule has 14 heteroatoms. The normalized spacial score (nSPS) is 13.5. The van der Waals surface area contributed by atoms with Crippen LogP contribution in [0.1, 0.15) is 26.7 Å². The molecule has 0 bridgehead atoms. The van der Waals surface area contributed by atoms with Gasteiger partial charge in [0.2, 0.25) is 5.95 Å². The van der Waals surface area contributed by atoms with Crippen molar-refractivity contribution in [2.24, 2.45) is 0 Å². The Hall–Kier alpha value is -3.75. The highest BCUT2D eigenvalue weighted by atomic mass is 16.5. The number of hydrogen-bond acceptors (Lipinski definition) is 13. The molecule has 1 aliphatic rings. The highest BCUT2D eigenvalue weighted by molar-refractivity contribution is 6.25. The third kappa shape index (κ3) is 12.0. The van der Waals surface area contributed by atoms with Crippen molar-refractivity contribution in [1.82, 2.24) is 14.5 Å². The molecule has 1 saturated heterocycles. The number of rotatable bonds is 10. The van der Waals surface area contributed by atoms with Crippen molar-refractivity contribution in [3.8, 4) is 0 Å². The van der Waals surface area contributed by atoms with E-state index in [1.165, 1.54) is 5.52 Å². The number of aromatic nitrogens is 2. The van der Waals surface area contributed by atoms with Gasteiger partial charge in [-0.25, -0.2) is 4.98 Å². The number of imidazole rings is 1. The van der Waals surface area contributed by atoms with Crippen LogP contribution in [0, 0.1) is 0 Å². The van der Waals surface area contributed by atoms with Gasteiger partial charge >= 0.3 is 0 Å². The zero-order chi connectivity index (χ0) is 28.5. The minimum Gasteiger partial charge on any atom is -0.543 e. The Morgan fingerprint density at radius 3 is 1.87 bits per heavy atom. The van der Waals surface area contributed by atoms with Crippen LogP contribution in [-0.2, 0) is 35.2 Å². The Labute approximate surface area is 219 Å². The second kappa shape index (κ2) is 17.7. The minimum absolute atomic E-state index is 0.473. The average Bonchev–Trinajstić information content (AvgIpc) is 3.23. The van der Waals surface area contributed by atoms with E-state index >= 15 is 0 Å². The molecule has 0 spiro atoms. The number of ether oxygens (including phenoxy) is 2. The van der Waals surface area contributed by atoms with Crippen LogP contribution in [0.2, 0.25) is 0 Å². The van der Waals surface area contributed by atoms with E-state index in [2.05, 4.69) is 33.0 Å². The fraction of sp³-hybridized carbons (Fsp3) is 0.542. The highest BCUT2D eigenvalue weighted by Crippen LogP contribution is 2.22. The van der Waals surface area contributed by atoms with Crippen LogP contribution < -0.4 is 25.7 Å². The third-order valence-corrected chi connectivity index (χ3v) is 5.33. The van der Waals surface area contributed by atoms with E-state index < -0.39 is 23.9 Å². The fourth-order valence-corrected chi connectivity index (χ4v) is 3.53. The first-order valence-corrected chi connectivity index (χ1v) is 12.0. The minimum atomic E-state index is -2.19. The van der Waals surface area contributed by atoms with Crippen LogP contribution in [0.15, 0.2) is 24.3 Å². The largest absolute Gasteiger partial charge is 0.543 e. The molecule has 1 aromatic carbocycles. The quantitative estimate of drug-likeness (QED) is 0.226. The molecular formula is C24H32N4O10-4. The molecule has 0 amide bonds. The highest BCUT2D eigenvalue weighted by Gasteiger charge is 2.21. The molecule has 0 saturated carbocycles. The summed E-state index contributed by atoms with van der Waals surface area (Å²) in [4.78, 5) is 43.0. The van der Waals surface area contributed by atoms with Gasteiger partial charge in [-0.15, -0.1) is 0 Å². The number of para-hydroxylation sites is 2. The van der Waals surface area contributed by atoms with Gasteiger partial charge in [0, 0.05) is 45.4 Å². The van der Waals surface area contributed by atoms with Crippen molar-refractivity contribution < 1.29 is 49.1 Å². The Morgan fingerprint density at radius 1 is 0.868 bits per heavy atom. The smallest absolute Gasteiger partial charge is 0.204 e. The number of carboxylic acid groups (broad SMARTS) is 4. The van der Waals surface area contributed by atoms with Gasteiger partial charge in [-0.1, -0.05) is 12.1 Å². The SMILES string of the molecule is CCOCCN1CCC(Nc2nc3ccccc3n2CCOCC)CC1.O=C([O-])C(=O)[O-].O=C([O-])C(=O)[O-]. The maximum absolute atomic E-state index is 8.93. The maximum Gasteiger partial charge on any atom is 0.204 e. The van der Waals surface area contributed by atoms with E-state index in [-0.39, 0.29) is 0 Å². The van der Waals surface area contributed by atoms with Gasteiger partial charge < -0.3 is 63.9 Å². The maximum atomic E-state index is 8.93. The lowest BCUT2D eigenvalue weighted by molar-refractivity contribution is -0.345. The Balaban J connectivity index is 0.000000503. The van der Waals surface area contributed by atoms with E-state index in [0.29, 0.717) is 12.6 Å². The van der Waals surface area contributed by atoms with Crippen molar-refractivity contribution in [2.45, 2.75) is 39.3 Å². The fourth-order valence-electron chi connectivity index (χ4n) is 3.53. The molecule has 38 heavy (non-hydrogen) atoms. The summed E-state index contributed by atoms with van der Waals surface area (Å²) in [5.41, 5.74) is 2.21. The number of piperidine rings is 1. The molecule has 1 aromatic heterocycles. The number of nitrogens with one attached hydrogen (secondary N) is 1. The summed E-state index contributed by atoms with van der Waals surface area (Å²) in [6, 6.07) is 8.80. The summed E-state index contributed by atoms with van der Waals surface area (Å²) < 4.78 is 13.3. The standard InChI is InChI=1S/C20H32N4O2.2C2H2O4/c1-3-25-15-13-23-11-9-17(10-12-23)21-20-22-18-7-5-6-8-19(18)24(20)14-16-26-4-2;2*3-1(4)2(5)6/h5-8,17H,3-4,9-16H2,1-2H3,(H,21,22);2*(H,3,4)(H,5,6)/p-4. The van der Waals surface area contributed by atoms with E-state index in [1.807, 2.05) is 19.9 Å². The molecule has 0 radical (unpaired) electrons. The monoisotopic (exact) mass is 536 g/mol. The number of carboxylic acids is 4. The Morgan fingerprint density at radius 2 is 1.37 bits per heavy atom. The van der Waals surface area contributed by atoms with Gasteiger partial charge in [-0.2, -0.15) is 0 Å². The number of nitrogens with zero attached hydrogens (tertiary/aromatic N) is 3. The molecule has 1 fully saturated rings. The van der Waals surface area contributed by atoms with E-state index in [9.17, 15) is 0 Å². The lowest BCUT2D eigenvalue weighted by atomic mass is 10.1. The molecule has 1 aliphatic heterocycles. The summed E-state index contributed by atoms with van der Waals surface area (Å²) in [7, 11) is 0. The molecule has 3 rings (SSSR count). The van der Waals surface area contributed by atoms with Crippen molar-refractivity contribution in [3.05, 3.63) is 24.3 Å². The topological polar surface area (TPSA) is 212 Å². The molecular weight excluding hydrogens is 504 g/mol. The van der Waals surface area contributed by atoms with Crippen LogP contribution in [0.3, 0.4) is 0 Å². The zero-order valence-corrected chi connectivity index (χ0v) is 21.4. The molecule has 212 valence electrons. The molecule has 0 aliphatic carbocycles. The van der Waals surface area contributed by atoms with Gasteiger partial charge in [0.25, 0.3) is 0 Å². The Bertz CT molecular complexity index is 986. The van der Waals surface area contributed by atoms with E-state index in [4.69, 9.17) is 54.1 Å². The second-order valence-electron chi connectivity index (χ2n) is 7.88. The van der Waals surface area contributed by atoms with Crippen LogP contribution in [0.5, 0.6) is 0 Å². The Kier molecular flexibility index (Phi) is 15.0. The summed E-state index contributed by atoms with van der Waals surface area (Å²) in [5.74, 6) is -7.77. The number of benzene rings is 1. The molecule has 2 heterocycles. The first kappa shape index (κ1) is 32.3. The molecule has 14 nitrogen and oxygen atoms in total. The lowest BCUT2D eigenvalue weighted by Gasteiger charge is -2.32. The molecule has 1 N–H and O–H groups in total. The summed E-state index contributed by atoms with van der Waals surface area (Å²) >= 11 is 0. The molecule has 2 aromatic rings. The number of fused-ring (bicyclic) bond motifs is 1. The number of anilines is 1. The first-order valence-electron chi connectivity index (χ1n) is 12.0. The van der Waals surface area contributed by atoms with Crippen LogP contribution in [0.4, 0.5) is 5.95 Å². The second-order valence-corrected chi connectivity index (χ2v) is 7.88. The van der Waals surface area contributed by atoms with Crippen molar-refractivity contribution in [2.75, 3.05) is 51.4 Å². The molecule has 0 atom stereocenters. The number of carbonyl (C=O) groups is 4. The van der Waals surface area contributed by atoms with Gasteiger partial charge in [0.15, 0.2) is 0 Å². The molecule has 0 unspecified atom stereocenters. The predicted octanol–water partition coefficient (Wildman–Crippen LogP) is -4.04. The van der Waals surface area contributed by atoms with Gasteiger partial charge in [-0.05, 0) is 38.8 Å². The van der Waals surface area contributed by atoms with E-state index in [0.717, 1.165) is 70.3 Å². The number of aliphatic carboxylic acids is 4. The summed E-state index contributed by atoms with van der Waals surface area (Å²) in [5, 5.41) is 39.4. The number of likely N-dealkylation sites (tertiary alicyclic amines) is 1. The first-order chi connectivity index (χ1) is 18.1. The lowest BCUT2D eigenvalue weighted by Crippen LogP contribution is -2.42. The average molecular weight is 537 g/mol. The van der Waals surface area contributed by atoms with Crippen molar-refractivity contribution in [3.63, 3.8) is 0 Å².